The lowest BCUT2D eigenvalue weighted by atomic mass is 9.95. The minimum Gasteiger partial charge on any atom is -0.485 e. The molecule has 0 saturated heterocycles. The Morgan fingerprint density at radius 2 is 1.79 bits per heavy atom. The number of carbonyl (C=O) groups is 2. The largest absolute Gasteiger partial charge is 0.485 e. The Balaban J connectivity index is 1.08. The first kappa shape index (κ1) is 28.9. The van der Waals surface area contributed by atoms with Gasteiger partial charge in [0.2, 0.25) is 5.91 Å². The van der Waals surface area contributed by atoms with Gasteiger partial charge in [0, 0.05) is 18.5 Å². The zero-order valence-electron chi connectivity index (χ0n) is 24.2. The van der Waals surface area contributed by atoms with E-state index in [0.717, 1.165) is 53.5 Å². The smallest absolute Gasteiger partial charge is 0.254 e. The van der Waals surface area contributed by atoms with E-state index >= 15 is 0 Å². The summed E-state index contributed by atoms with van der Waals surface area (Å²) in [6, 6.07) is 22.1. The van der Waals surface area contributed by atoms with Crippen LogP contribution >= 0.6 is 23.1 Å². The van der Waals surface area contributed by atoms with Crippen molar-refractivity contribution in [3.8, 4) is 5.75 Å². The molecule has 3 aromatic carbocycles. The number of thiophene rings is 1. The number of hydrogen-bond acceptors (Lipinski definition) is 7. The number of nitrogens with one attached hydrogen (secondary N) is 2. The van der Waals surface area contributed by atoms with Crippen molar-refractivity contribution in [2.75, 3.05) is 11.1 Å². The van der Waals surface area contributed by atoms with Crippen molar-refractivity contribution >= 4 is 50.7 Å². The van der Waals surface area contributed by atoms with E-state index in [1.54, 1.807) is 0 Å². The minimum atomic E-state index is -0.187. The van der Waals surface area contributed by atoms with Gasteiger partial charge in [0.1, 0.15) is 17.4 Å². The molecule has 2 amide bonds. The van der Waals surface area contributed by atoms with E-state index in [4.69, 9.17) is 4.74 Å². The summed E-state index contributed by atoms with van der Waals surface area (Å²) in [5.41, 5.74) is 3.79. The molecule has 5 aromatic rings. The summed E-state index contributed by atoms with van der Waals surface area (Å²) in [6.07, 6.45) is 3.93. The third-order valence-corrected chi connectivity index (χ3v) is 9.94. The molecule has 0 saturated carbocycles. The second kappa shape index (κ2) is 13.0. The van der Waals surface area contributed by atoms with Crippen LogP contribution in [0.25, 0.3) is 10.8 Å². The number of nitrogens with zero attached hydrogens (tertiary/aromatic N) is 3. The maximum Gasteiger partial charge on any atom is 0.254 e. The summed E-state index contributed by atoms with van der Waals surface area (Å²) in [7, 11) is 1.87. The number of aromatic nitrogens is 3. The molecule has 0 fully saturated rings. The molecule has 8 nitrogen and oxygen atoms in total. The summed E-state index contributed by atoms with van der Waals surface area (Å²) >= 11 is 2.83. The van der Waals surface area contributed by atoms with E-state index in [9.17, 15) is 9.59 Å². The Morgan fingerprint density at radius 3 is 2.65 bits per heavy atom. The van der Waals surface area contributed by atoms with Crippen LogP contribution in [0.3, 0.4) is 0 Å². The predicted octanol–water partition coefficient (Wildman–Crippen LogP) is 6.46. The zero-order valence-corrected chi connectivity index (χ0v) is 25.8. The van der Waals surface area contributed by atoms with Gasteiger partial charge in [0.15, 0.2) is 11.0 Å². The van der Waals surface area contributed by atoms with Crippen molar-refractivity contribution in [3.05, 3.63) is 99.7 Å². The fourth-order valence-corrected chi connectivity index (χ4v) is 7.39. The zero-order chi connectivity index (χ0) is 29.8. The third kappa shape index (κ3) is 6.45. The number of thioether (sulfide) groups is 1. The molecule has 0 radical (unpaired) electrons. The molecular weight excluding hydrogens is 579 g/mol. The fraction of sp³-hybridized carbons (Fsp3) is 0.273. The van der Waals surface area contributed by atoms with E-state index in [2.05, 4.69) is 46.0 Å². The van der Waals surface area contributed by atoms with Crippen LogP contribution in [0.5, 0.6) is 5.75 Å². The number of fused-ring (bicyclic) bond motifs is 2. The maximum absolute atomic E-state index is 13.3. The van der Waals surface area contributed by atoms with Crippen molar-refractivity contribution in [2.45, 2.75) is 50.9 Å². The average molecular weight is 612 g/mol. The number of benzene rings is 3. The molecule has 0 unspecified atom stereocenters. The monoisotopic (exact) mass is 611 g/mol. The molecule has 0 bridgehead atoms. The number of rotatable bonds is 10. The van der Waals surface area contributed by atoms with Gasteiger partial charge in [0.05, 0.1) is 11.3 Å². The number of carbonyl (C=O) groups excluding carboxylic acids is 2. The minimum absolute atomic E-state index is 0.143. The fourth-order valence-electron chi connectivity index (χ4n) is 5.36. The van der Waals surface area contributed by atoms with E-state index in [1.165, 1.54) is 33.4 Å². The number of hydrogen-bond donors (Lipinski definition) is 2. The van der Waals surface area contributed by atoms with Crippen LogP contribution in [0.1, 0.15) is 50.6 Å². The highest BCUT2D eigenvalue weighted by Gasteiger charge is 2.26. The number of aryl methyl sites for hydroxylation is 2. The Kier molecular flexibility index (Phi) is 8.76. The molecular formula is C33H33N5O3S2. The van der Waals surface area contributed by atoms with Crippen LogP contribution < -0.4 is 15.4 Å². The lowest BCUT2D eigenvalue weighted by Crippen LogP contribution is -2.25. The van der Waals surface area contributed by atoms with Crippen molar-refractivity contribution in [3.63, 3.8) is 0 Å². The summed E-state index contributed by atoms with van der Waals surface area (Å²) in [6.45, 7) is 2.75. The van der Waals surface area contributed by atoms with Crippen LogP contribution in [-0.4, -0.2) is 32.3 Å². The molecule has 1 aliphatic carbocycles. The van der Waals surface area contributed by atoms with Crippen molar-refractivity contribution in [1.29, 1.82) is 0 Å². The van der Waals surface area contributed by atoms with E-state index in [1.807, 2.05) is 60.1 Å². The Hall–Kier alpha value is -4.15. The van der Waals surface area contributed by atoms with Gasteiger partial charge in [-0.05, 0) is 66.1 Å². The summed E-state index contributed by atoms with van der Waals surface area (Å²) in [4.78, 5) is 27.6. The van der Waals surface area contributed by atoms with Gasteiger partial charge < -0.3 is 19.9 Å². The summed E-state index contributed by atoms with van der Waals surface area (Å²) in [5.74, 6) is 1.28. The summed E-state index contributed by atoms with van der Waals surface area (Å²) < 4.78 is 7.95. The quantitative estimate of drug-likeness (QED) is 0.176. The van der Waals surface area contributed by atoms with Crippen molar-refractivity contribution in [2.24, 2.45) is 7.05 Å². The van der Waals surface area contributed by atoms with E-state index in [-0.39, 0.29) is 24.2 Å². The first-order valence-electron chi connectivity index (χ1n) is 14.4. The second-order valence-electron chi connectivity index (χ2n) is 10.6. The first-order chi connectivity index (χ1) is 21.0. The predicted molar refractivity (Wildman–Crippen MR) is 172 cm³/mol. The topological polar surface area (TPSA) is 98.1 Å². The standard InChI is InChI=1S/C33H33N5O3S2/c1-21-24-13-7-6-12-23(24)16-17-26(21)41-19-28-36-37-33(38(28)2)42-20-29(39)35-32-30(25-14-8-9-15-27(25)43-32)31(40)34-18-22-10-4-3-5-11-22/h3-7,10-13,16-17H,8-9,14-15,18-20H2,1-2H3,(H,34,40)(H,35,39). The van der Waals surface area contributed by atoms with Crippen LogP contribution in [0.4, 0.5) is 5.00 Å². The SMILES string of the molecule is Cc1c(OCc2nnc(SCC(=O)Nc3sc4c(c3C(=O)NCc3ccccc3)CCCC4)n2C)ccc2ccccc12. The third-order valence-electron chi connectivity index (χ3n) is 7.71. The molecule has 0 aliphatic heterocycles. The van der Waals surface area contributed by atoms with Gasteiger partial charge in [-0.15, -0.1) is 21.5 Å². The normalized spacial score (nSPS) is 12.6. The molecule has 6 rings (SSSR count). The summed E-state index contributed by atoms with van der Waals surface area (Å²) in [5, 5.41) is 18.2. The lowest BCUT2D eigenvalue weighted by molar-refractivity contribution is -0.113. The van der Waals surface area contributed by atoms with Gasteiger partial charge >= 0.3 is 0 Å². The molecule has 2 N–H and O–H groups in total. The average Bonchev–Trinajstić information content (AvgIpc) is 3.58. The molecule has 43 heavy (non-hydrogen) atoms. The Labute approximate surface area is 258 Å². The van der Waals surface area contributed by atoms with Gasteiger partial charge in [-0.3, -0.25) is 9.59 Å². The van der Waals surface area contributed by atoms with Crippen LogP contribution in [0.15, 0.2) is 71.9 Å². The molecule has 0 atom stereocenters. The lowest BCUT2D eigenvalue weighted by Gasteiger charge is -2.13. The number of anilines is 1. The van der Waals surface area contributed by atoms with Crippen molar-refractivity contribution in [1.82, 2.24) is 20.1 Å². The number of ether oxygens (including phenoxy) is 1. The highest BCUT2D eigenvalue weighted by Crippen LogP contribution is 2.38. The highest BCUT2D eigenvalue weighted by atomic mass is 32.2. The van der Waals surface area contributed by atoms with Gasteiger partial charge in [-0.1, -0.05) is 72.4 Å². The first-order valence-corrected chi connectivity index (χ1v) is 16.2. The molecule has 2 aromatic heterocycles. The molecule has 220 valence electrons. The molecule has 10 heteroatoms. The van der Waals surface area contributed by atoms with Crippen LogP contribution in [-0.2, 0) is 37.8 Å². The number of amides is 2. The van der Waals surface area contributed by atoms with Crippen LogP contribution in [0, 0.1) is 6.92 Å². The highest BCUT2D eigenvalue weighted by molar-refractivity contribution is 7.99. The Bertz CT molecular complexity index is 1780. The van der Waals surface area contributed by atoms with Crippen molar-refractivity contribution < 1.29 is 14.3 Å². The van der Waals surface area contributed by atoms with E-state index in [0.29, 0.717) is 28.1 Å². The van der Waals surface area contributed by atoms with Gasteiger partial charge in [0.25, 0.3) is 5.91 Å². The Morgan fingerprint density at radius 1 is 1.00 bits per heavy atom. The van der Waals surface area contributed by atoms with Crippen LogP contribution in [0.2, 0.25) is 0 Å². The van der Waals surface area contributed by atoms with Gasteiger partial charge in [-0.2, -0.15) is 0 Å². The second-order valence-corrected chi connectivity index (χ2v) is 12.6. The van der Waals surface area contributed by atoms with Gasteiger partial charge in [-0.25, -0.2) is 0 Å². The molecule has 1 aliphatic rings. The van der Waals surface area contributed by atoms with E-state index < -0.39 is 0 Å². The molecule has 2 heterocycles. The molecule has 0 spiro atoms. The maximum atomic E-state index is 13.3.